The molecule has 124 valence electrons. The second kappa shape index (κ2) is 6.32. The molecule has 24 heavy (non-hydrogen) atoms. The fraction of sp³-hybridized carbons (Fsp3) is 0.353. The molecule has 1 aromatic carbocycles. The van der Waals surface area contributed by atoms with Crippen molar-refractivity contribution in [2.75, 3.05) is 29.5 Å². The van der Waals surface area contributed by atoms with Crippen molar-refractivity contribution in [2.24, 2.45) is 13.0 Å². The summed E-state index contributed by atoms with van der Waals surface area (Å²) < 4.78 is 1.75. The second-order valence-corrected chi connectivity index (χ2v) is 7.23. The van der Waals surface area contributed by atoms with E-state index in [1.807, 2.05) is 18.8 Å². The SMILES string of the molecule is Cn1ncc2c(N)nc(N3CC[C@@H](CSc4ccccc4)C3)nc21. The van der Waals surface area contributed by atoms with E-state index in [-0.39, 0.29) is 0 Å². The summed E-state index contributed by atoms with van der Waals surface area (Å²) >= 11 is 1.92. The molecule has 3 heterocycles. The Kier molecular flexibility index (Phi) is 4.02. The zero-order valence-electron chi connectivity index (χ0n) is 13.6. The van der Waals surface area contributed by atoms with Gasteiger partial charge < -0.3 is 10.6 Å². The van der Waals surface area contributed by atoms with Gasteiger partial charge in [0.05, 0.1) is 11.6 Å². The van der Waals surface area contributed by atoms with Crippen molar-refractivity contribution >= 4 is 34.6 Å². The maximum atomic E-state index is 6.07. The lowest BCUT2D eigenvalue weighted by Crippen LogP contribution is -2.23. The van der Waals surface area contributed by atoms with Gasteiger partial charge in [-0.15, -0.1) is 11.8 Å². The van der Waals surface area contributed by atoms with Gasteiger partial charge >= 0.3 is 0 Å². The molecule has 0 amide bonds. The molecule has 2 N–H and O–H groups in total. The zero-order valence-corrected chi connectivity index (χ0v) is 14.4. The van der Waals surface area contributed by atoms with Gasteiger partial charge in [-0.3, -0.25) is 4.68 Å². The smallest absolute Gasteiger partial charge is 0.229 e. The molecule has 0 saturated carbocycles. The van der Waals surface area contributed by atoms with Crippen LogP contribution in [0.1, 0.15) is 6.42 Å². The molecule has 0 radical (unpaired) electrons. The molecule has 4 rings (SSSR count). The van der Waals surface area contributed by atoms with Gasteiger partial charge in [0, 0.05) is 30.8 Å². The number of aromatic nitrogens is 4. The number of nitrogens with two attached hydrogens (primary N) is 1. The van der Waals surface area contributed by atoms with Gasteiger partial charge in [-0.1, -0.05) is 18.2 Å². The molecular formula is C17H20N6S. The van der Waals surface area contributed by atoms with Gasteiger partial charge in [0.25, 0.3) is 0 Å². The first-order valence-electron chi connectivity index (χ1n) is 8.09. The van der Waals surface area contributed by atoms with Gasteiger partial charge in [0.15, 0.2) is 5.65 Å². The molecule has 7 heteroatoms. The first kappa shape index (κ1) is 15.3. The van der Waals surface area contributed by atoms with Gasteiger partial charge in [-0.25, -0.2) is 0 Å². The summed E-state index contributed by atoms with van der Waals surface area (Å²) in [5, 5.41) is 5.03. The van der Waals surface area contributed by atoms with E-state index in [1.165, 1.54) is 4.90 Å². The lowest BCUT2D eigenvalue weighted by atomic mass is 10.2. The quantitative estimate of drug-likeness (QED) is 0.736. The fourth-order valence-electron chi connectivity index (χ4n) is 3.05. The second-order valence-electron chi connectivity index (χ2n) is 6.14. The van der Waals surface area contributed by atoms with Crippen LogP contribution < -0.4 is 10.6 Å². The number of anilines is 2. The van der Waals surface area contributed by atoms with E-state index in [0.29, 0.717) is 11.7 Å². The molecule has 1 saturated heterocycles. The Balaban J connectivity index is 1.45. The van der Waals surface area contributed by atoms with E-state index in [2.05, 4.69) is 50.3 Å². The first-order chi connectivity index (χ1) is 11.7. The van der Waals surface area contributed by atoms with E-state index in [9.17, 15) is 0 Å². The third-order valence-corrected chi connectivity index (χ3v) is 5.65. The topological polar surface area (TPSA) is 72.9 Å². The predicted molar refractivity (Wildman–Crippen MR) is 98.2 cm³/mol. The summed E-state index contributed by atoms with van der Waals surface area (Å²) in [6.07, 6.45) is 2.88. The highest BCUT2D eigenvalue weighted by Gasteiger charge is 2.25. The third kappa shape index (κ3) is 2.91. The molecule has 1 fully saturated rings. The molecular weight excluding hydrogens is 320 g/mol. The number of rotatable bonds is 4. The zero-order chi connectivity index (χ0) is 16.5. The van der Waals surface area contributed by atoms with Crippen molar-refractivity contribution < 1.29 is 0 Å². The Labute approximate surface area is 145 Å². The minimum atomic E-state index is 0.505. The number of hydrogen-bond donors (Lipinski definition) is 1. The fourth-order valence-corrected chi connectivity index (χ4v) is 4.10. The normalized spacial score (nSPS) is 17.7. The molecule has 1 aliphatic rings. The van der Waals surface area contributed by atoms with Crippen molar-refractivity contribution in [3.63, 3.8) is 0 Å². The van der Waals surface area contributed by atoms with Crippen LogP contribution in [0.5, 0.6) is 0 Å². The third-order valence-electron chi connectivity index (χ3n) is 4.41. The Morgan fingerprint density at radius 3 is 2.92 bits per heavy atom. The van der Waals surface area contributed by atoms with Crippen LogP contribution in [-0.2, 0) is 7.05 Å². The van der Waals surface area contributed by atoms with Crippen LogP contribution >= 0.6 is 11.8 Å². The number of benzene rings is 1. The van der Waals surface area contributed by atoms with E-state index < -0.39 is 0 Å². The summed E-state index contributed by atoms with van der Waals surface area (Å²) in [6.45, 7) is 1.95. The van der Waals surface area contributed by atoms with E-state index in [1.54, 1.807) is 10.9 Å². The molecule has 0 unspecified atom stereocenters. The first-order valence-corrected chi connectivity index (χ1v) is 9.07. The average Bonchev–Trinajstić information content (AvgIpc) is 3.22. The van der Waals surface area contributed by atoms with Crippen molar-refractivity contribution in [1.82, 2.24) is 19.7 Å². The van der Waals surface area contributed by atoms with E-state index >= 15 is 0 Å². The summed E-state index contributed by atoms with van der Waals surface area (Å²) in [5.74, 6) is 2.98. The average molecular weight is 340 g/mol. The number of aryl methyl sites for hydroxylation is 1. The Hall–Kier alpha value is -2.28. The van der Waals surface area contributed by atoms with Crippen LogP contribution in [0.25, 0.3) is 11.0 Å². The van der Waals surface area contributed by atoms with Crippen LogP contribution in [0.4, 0.5) is 11.8 Å². The Morgan fingerprint density at radius 2 is 2.08 bits per heavy atom. The summed E-state index contributed by atoms with van der Waals surface area (Å²) in [5.41, 5.74) is 6.86. The standard InChI is InChI=1S/C17H20N6S/c1-22-16-14(9-19-22)15(18)20-17(21-16)23-8-7-12(10-23)11-24-13-5-3-2-4-6-13/h2-6,9,12H,7-8,10-11H2,1H3,(H2,18,20,21)/t12-/m1/s1. The number of nitrogen functional groups attached to an aromatic ring is 1. The van der Waals surface area contributed by atoms with Crippen molar-refractivity contribution in [3.8, 4) is 0 Å². The summed E-state index contributed by atoms with van der Waals surface area (Å²) in [6, 6.07) is 10.6. The minimum absolute atomic E-state index is 0.505. The van der Waals surface area contributed by atoms with Crippen LogP contribution in [0, 0.1) is 5.92 Å². The molecule has 0 bridgehead atoms. The molecule has 2 aromatic heterocycles. The molecule has 0 aliphatic carbocycles. The largest absolute Gasteiger partial charge is 0.383 e. The molecule has 3 aromatic rings. The number of fused-ring (bicyclic) bond motifs is 1. The van der Waals surface area contributed by atoms with Gasteiger partial charge in [-0.2, -0.15) is 15.1 Å². The van der Waals surface area contributed by atoms with Crippen LogP contribution in [0.3, 0.4) is 0 Å². The van der Waals surface area contributed by atoms with E-state index in [4.69, 9.17) is 5.73 Å². The van der Waals surface area contributed by atoms with Crippen molar-refractivity contribution in [1.29, 1.82) is 0 Å². The predicted octanol–water partition coefficient (Wildman–Crippen LogP) is 2.56. The lowest BCUT2D eigenvalue weighted by molar-refractivity contribution is 0.670. The Morgan fingerprint density at radius 1 is 1.25 bits per heavy atom. The lowest BCUT2D eigenvalue weighted by Gasteiger charge is -2.17. The van der Waals surface area contributed by atoms with Gasteiger partial charge in [0.2, 0.25) is 5.95 Å². The molecule has 6 nitrogen and oxygen atoms in total. The van der Waals surface area contributed by atoms with Gasteiger partial charge in [-0.05, 0) is 24.5 Å². The maximum absolute atomic E-state index is 6.07. The Bertz CT molecular complexity index is 847. The van der Waals surface area contributed by atoms with Crippen LogP contribution in [-0.4, -0.2) is 38.6 Å². The number of thioether (sulfide) groups is 1. The van der Waals surface area contributed by atoms with Crippen molar-refractivity contribution in [3.05, 3.63) is 36.5 Å². The summed E-state index contributed by atoms with van der Waals surface area (Å²) in [4.78, 5) is 12.7. The molecule has 0 spiro atoms. The molecule has 1 aliphatic heterocycles. The number of nitrogens with zero attached hydrogens (tertiary/aromatic N) is 5. The van der Waals surface area contributed by atoms with Gasteiger partial charge in [0.1, 0.15) is 5.82 Å². The minimum Gasteiger partial charge on any atom is -0.383 e. The molecule has 1 atom stereocenters. The highest BCUT2D eigenvalue weighted by Crippen LogP contribution is 2.29. The monoisotopic (exact) mass is 340 g/mol. The summed E-state index contributed by atoms with van der Waals surface area (Å²) in [7, 11) is 1.88. The van der Waals surface area contributed by atoms with E-state index in [0.717, 1.165) is 42.2 Å². The van der Waals surface area contributed by atoms with Crippen LogP contribution in [0.15, 0.2) is 41.4 Å². The highest BCUT2D eigenvalue weighted by molar-refractivity contribution is 7.99. The highest BCUT2D eigenvalue weighted by atomic mass is 32.2. The van der Waals surface area contributed by atoms with Crippen molar-refractivity contribution in [2.45, 2.75) is 11.3 Å². The van der Waals surface area contributed by atoms with Crippen LogP contribution in [0.2, 0.25) is 0 Å². The maximum Gasteiger partial charge on any atom is 0.229 e. The number of hydrogen-bond acceptors (Lipinski definition) is 6.